The molecule has 1 amide bonds. The summed E-state index contributed by atoms with van der Waals surface area (Å²) in [6, 6.07) is 9.92. The zero-order chi connectivity index (χ0) is 17.2. The first-order chi connectivity index (χ1) is 11.5. The van der Waals surface area contributed by atoms with Gasteiger partial charge < -0.3 is 9.80 Å². The van der Waals surface area contributed by atoms with Crippen molar-refractivity contribution in [1.29, 1.82) is 0 Å². The summed E-state index contributed by atoms with van der Waals surface area (Å²) in [5.41, 5.74) is 1.10. The first-order valence-electron chi connectivity index (χ1n) is 7.50. The molecule has 2 heterocycles. The molecule has 0 atom stereocenters. The SMILES string of the molecule is Cn1nnnc1S(=O)(=O)CC(=O)N1CCN(c2ccccc2)CC1. The number of hydrogen-bond donors (Lipinski definition) is 0. The van der Waals surface area contributed by atoms with Crippen molar-refractivity contribution in [2.45, 2.75) is 5.16 Å². The number of para-hydroxylation sites is 1. The molecule has 10 heteroatoms. The Bertz CT molecular complexity index is 812. The van der Waals surface area contributed by atoms with Gasteiger partial charge in [0.05, 0.1) is 0 Å². The maximum absolute atomic E-state index is 12.3. The van der Waals surface area contributed by atoms with Crippen molar-refractivity contribution in [3.63, 3.8) is 0 Å². The summed E-state index contributed by atoms with van der Waals surface area (Å²) in [4.78, 5) is 16.1. The Morgan fingerprint density at radius 2 is 1.79 bits per heavy atom. The third-order valence-electron chi connectivity index (χ3n) is 3.93. The van der Waals surface area contributed by atoms with E-state index in [9.17, 15) is 13.2 Å². The maximum Gasteiger partial charge on any atom is 0.267 e. The summed E-state index contributed by atoms with van der Waals surface area (Å²) in [7, 11) is -2.41. The van der Waals surface area contributed by atoms with Crippen LogP contribution in [0.25, 0.3) is 0 Å². The molecular weight excluding hydrogens is 332 g/mol. The van der Waals surface area contributed by atoms with Crippen molar-refractivity contribution < 1.29 is 13.2 Å². The van der Waals surface area contributed by atoms with Crippen molar-refractivity contribution in [2.24, 2.45) is 7.05 Å². The van der Waals surface area contributed by atoms with E-state index < -0.39 is 21.5 Å². The van der Waals surface area contributed by atoms with E-state index >= 15 is 0 Å². The maximum atomic E-state index is 12.3. The second kappa shape index (κ2) is 6.56. The third-order valence-corrected chi connectivity index (χ3v) is 5.46. The van der Waals surface area contributed by atoms with Crippen LogP contribution in [-0.4, -0.2) is 71.4 Å². The minimum Gasteiger partial charge on any atom is -0.368 e. The van der Waals surface area contributed by atoms with E-state index in [0.29, 0.717) is 26.2 Å². The second-order valence-electron chi connectivity index (χ2n) is 5.55. The van der Waals surface area contributed by atoms with Crippen molar-refractivity contribution in [1.82, 2.24) is 25.1 Å². The van der Waals surface area contributed by atoms with Crippen LogP contribution in [0.4, 0.5) is 5.69 Å². The number of benzene rings is 1. The van der Waals surface area contributed by atoms with E-state index in [1.54, 1.807) is 4.90 Å². The lowest BCUT2D eigenvalue weighted by atomic mass is 10.2. The van der Waals surface area contributed by atoms with Gasteiger partial charge in [-0.15, -0.1) is 0 Å². The van der Waals surface area contributed by atoms with Crippen LogP contribution in [0.1, 0.15) is 0 Å². The monoisotopic (exact) mass is 350 g/mol. The zero-order valence-corrected chi connectivity index (χ0v) is 14.1. The van der Waals surface area contributed by atoms with E-state index in [1.165, 1.54) is 7.05 Å². The molecule has 0 N–H and O–H groups in total. The largest absolute Gasteiger partial charge is 0.368 e. The third kappa shape index (κ3) is 3.37. The van der Waals surface area contributed by atoms with Gasteiger partial charge in [0, 0.05) is 38.9 Å². The minimum absolute atomic E-state index is 0.293. The fourth-order valence-corrected chi connectivity index (χ4v) is 3.89. The molecule has 1 aliphatic rings. The van der Waals surface area contributed by atoms with Gasteiger partial charge in [0.1, 0.15) is 5.75 Å². The Kier molecular flexibility index (Phi) is 4.47. The van der Waals surface area contributed by atoms with Crippen LogP contribution in [0.2, 0.25) is 0 Å². The van der Waals surface area contributed by atoms with Crippen LogP contribution < -0.4 is 4.90 Å². The number of hydrogen-bond acceptors (Lipinski definition) is 7. The lowest BCUT2D eigenvalue weighted by molar-refractivity contribution is -0.128. The van der Waals surface area contributed by atoms with Crippen LogP contribution in [0.15, 0.2) is 35.5 Å². The van der Waals surface area contributed by atoms with E-state index in [0.717, 1.165) is 10.4 Å². The molecule has 24 heavy (non-hydrogen) atoms. The zero-order valence-electron chi connectivity index (χ0n) is 13.2. The molecule has 0 spiro atoms. The highest BCUT2D eigenvalue weighted by Crippen LogP contribution is 2.16. The number of aryl methyl sites for hydroxylation is 1. The van der Waals surface area contributed by atoms with Crippen molar-refractivity contribution in [3.05, 3.63) is 30.3 Å². The van der Waals surface area contributed by atoms with Crippen LogP contribution in [0.5, 0.6) is 0 Å². The number of rotatable bonds is 4. The summed E-state index contributed by atoms with van der Waals surface area (Å²) >= 11 is 0. The van der Waals surface area contributed by atoms with Gasteiger partial charge in [-0.25, -0.2) is 13.1 Å². The van der Waals surface area contributed by atoms with Crippen LogP contribution in [0.3, 0.4) is 0 Å². The molecule has 1 aliphatic heterocycles. The molecule has 1 fully saturated rings. The number of piperazine rings is 1. The molecule has 1 saturated heterocycles. The highest BCUT2D eigenvalue weighted by Gasteiger charge is 2.29. The smallest absolute Gasteiger partial charge is 0.267 e. The molecule has 1 aromatic carbocycles. The number of anilines is 1. The van der Waals surface area contributed by atoms with Crippen LogP contribution in [0, 0.1) is 0 Å². The lowest BCUT2D eigenvalue weighted by Gasteiger charge is -2.36. The van der Waals surface area contributed by atoms with Gasteiger partial charge in [0.2, 0.25) is 15.7 Å². The molecule has 0 bridgehead atoms. The predicted octanol–water partition coefficient (Wildman–Crippen LogP) is -0.667. The van der Waals surface area contributed by atoms with Crippen LogP contribution >= 0.6 is 0 Å². The number of amides is 1. The lowest BCUT2D eigenvalue weighted by Crippen LogP contribution is -2.50. The fraction of sp³-hybridized carbons (Fsp3) is 0.429. The molecule has 128 valence electrons. The Morgan fingerprint density at radius 1 is 1.12 bits per heavy atom. The van der Waals surface area contributed by atoms with Crippen molar-refractivity contribution >= 4 is 21.4 Å². The van der Waals surface area contributed by atoms with Crippen molar-refractivity contribution in [3.8, 4) is 0 Å². The standard InChI is InChI=1S/C14H18N6O3S/c1-18-14(15-16-17-18)24(22,23)11-13(21)20-9-7-19(8-10-20)12-5-3-2-4-6-12/h2-6H,7-11H2,1H3. The summed E-state index contributed by atoms with van der Waals surface area (Å²) in [5.74, 6) is -1.04. The topological polar surface area (TPSA) is 101 Å². The summed E-state index contributed by atoms with van der Waals surface area (Å²) in [6.45, 7) is 2.31. The van der Waals surface area contributed by atoms with Gasteiger partial charge in [-0.2, -0.15) is 0 Å². The molecule has 0 unspecified atom stereocenters. The summed E-state index contributed by atoms with van der Waals surface area (Å²) < 4.78 is 25.5. The molecular formula is C14H18N6O3S. The summed E-state index contributed by atoms with van der Waals surface area (Å²) in [6.07, 6.45) is 0. The molecule has 0 saturated carbocycles. The Morgan fingerprint density at radius 3 is 2.38 bits per heavy atom. The van der Waals surface area contributed by atoms with E-state index in [2.05, 4.69) is 20.4 Å². The quantitative estimate of drug-likeness (QED) is 0.721. The Hall–Kier alpha value is -2.49. The molecule has 0 radical (unpaired) electrons. The molecule has 2 aromatic rings. The number of carbonyl (C=O) groups is 1. The van der Waals surface area contributed by atoms with Gasteiger partial charge >= 0.3 is 0 Å². The van der Waals surface area contributed by atoms with Gasteiger partial charge in [-0.1, -0.05) is 23.3 Å². The van der Waals surface area contributed by atoms with E-state index in [1.807, 2.05) is 30.3 Å². The second-order valence-corrected chi connectivity index (χ2v) is 7.43. The first kappa shape index (κ1) is 16.4. The van der Waals surface area contributed by atoms with Gasteiger partial charge in [-0.3, -0.25) is 4.79 Å². The number of nitrogens with zero attached hydrogens (tertiary/aromatic N) is 6. The average molecular weight is 350 g/mol. The normalized spacial score (nSPS) is 15.5. The van der Waals surface area contributed by atoms with Crippen molar-refractivity contribution in [2.75, 3.05) is 36.8 Å². The number of sulfone groups is 1. The van der Waals surface area contributed by atoms with Gasteiger partial charge in [-0.05, 0) is 22.6 Å². The van der Waals surface area contributed by atoms with Gasteiger partial charge in [0.25, 0.3) is 5.16 Å². The van der Waals surface area contributed by atoms with Gasteiger partial charge in [0.15, 0.2) is 0 Å². The first-order valence-corrected chi connectivity index (χ1v) is 9.15. The highest BCUT2D eigenvalue weighted by molar-refractivity contribution is 7.91. The van der Waals surface area contributed by atoms with E-state index in [4.69, 9.17) is 0 Å². The Balaban J connectivity index is 1.61. The average Bonchev–Trinajstić information content (AvgIpc) is 3.02. The fourth-order valence-electron chi connectivity index (χ4n) is 2.66. The molecule has 3 rings (SSSR count). The number of aromatic nitrogens is 4. The van der Waals surface area contributed by atoms with Crippen LogP contribution in [-0.2, 0) is 21.7 Å². The highest BCUT2D eigenvalue weighted by atomic mass is 32.2. The molecule has 1 aromatic heterocycles. The summed E-state index contributed by atoms with van der Waals surface area (Å²) in [5, 5.41) is 9.97. The Labute approximate surface area is 139 Å². The molecule has 0 aliphatic carbocycles. The predicted molar refractivity (Wildman–Crippen MR) is 86.1 cm³/mol. The minimum atomic E-state index is -3.84. The molecule has 9 nitrogen and oxygen atoms in total. The van der Waals surface area contributed by atoms with E-state index in [-0.39, 0.29) is 5.16 Å². The number of carbonyl (C=O) groups excluding carboxylic acids is 1. The number of tetrazole rings is 1.